The third-order valence-electron chi connectivity index (χ3n) is 2.19. The Balaban J connectivity index is 2.83. The van der Waals surface area contributed by atoms with Crippen LogP contribution >= 0.6 is 0 Å². The van der Waals surface area contributed by atoms with E-state index in [1.807, 2.05) is 7.05 Å². The van der Waals surface area contributed by atoms with Crippen LogP contribution in [0.3, 0.4) is 0 Å². The maximum atomic E-state index is 11.5. The highest BCUT2D eigenvalue weighted by molar-refractivity contribution is 4.44. The first-order valence-corrected chi connectivity index (χ1v) is 6.04. The van der Waals surface area contributed by atoms with Gasteiger partial charge in [-0.2, -0.15) is 5.48 Å². The second-order valence-corrected chi connectivity index (χ2v) is 3.63. The highest BCUT2D eigenvalue weighted by Crippen LogP contribution is 1.96. The predicted octanol–water partition coefficient (Wildman–Crippen LogP) is 1.62. The summed E-state index contributed by atoms with van der Waals surface area (Å²) in [6.45, 7) is 2.67. The van der Waals surface area contributed by atoms with Crippen molar-refractivity contribution in [1.82, 2.24) is 10.8 Å². The Kier molecular flexibility index (Phi) is 14.6. The van der Waals surface area contributed by atoms with Gasteiger partial charge in [0.25, 0.3) is 0 Å². The molecule has 4 nitrogen and oxygen atoms in total. The first kappa shape index (κ1) is 15.8. The number of nitrogens with one attached hydrogen (secondary N) is 2. The minimum Gasteiger partial charge on any atom is -0.381 e. The highest BCUT2D eigenvalue weighted by Gasteiger charge is 1.92. The molecule has 0 aromatic carbocycles. The minimum atomic E-state index is -0.768. The molecular weight excluding hydrogens is 211 g/mol. The number of alkyl halides is 1. The summed E-state index contributed by atoms with van der Waals surface area (Å²) in [5.74, 6) is 0. The Morgan fingerprint density at radius 1 is 0.938 bits per heavy atom. The Bertz CT molecular complexity index is 115. The molecule has 0 saturated carbocycles. The monoisotopic (exact) mass is 236 g/mol. The van der Waals surface area contributed by atoms with Crippen molar-refractivity contribution in [3.8, 4) is 0 Å². The molecule has 0 aromatic rings. The predicted molar refractivity (Wildman–Crippen MR) is 62.9 cm³/mol. The molecule has 0 spiro atoms. The fraction of sp³-hybridized carbons (Fsp3) is 1.00. The van der Waals surface area contributed by atoms with Crippen molar-refractivity contribution in [2.24, 2.45) is 0 Å². The molecule has 0 aromatic heterocycles. The van der Waals surface area contributed by atoms with Crippen LogP contribution in [0.4, 0.5) is 4.39 Å². The summed E-state index contributed by atoms with van der Waals surface area (Å²) >= 11 is 0. The second-order valence-electron chi connectivity index (χ2n) is 3.63. The molecule has 98 valence electrons. The smallest absolute Gasteiger partial charge is 0.207 e. The van der Waals surface area contributed by atoms with Crippen LogP contribution in [0.1, 0.15) is 32.1 Å². The van der Waals surface area contributed by atoms with E-state index in [0.29, 0.717) is 6.54 Å². The van der Waals surface area contributed by atoms with E-state index in [-0.39, 0.29) is 0 Å². The van der Waals surface area contributed by atoms with E-state index in [1.165, 1.54) is 6.42 Å². The summed E-state index contributed by atoms with van der Waals surface area (Å²) in [4.78, 5) is 4.36. The first-order valence-electron chi connectivity index (χ1n) is 6.04. The summed E-state index contributed by atoms with van der Waals surface area (Å²) in [5, 5.41) is 3.10. The standard InChI is InChI=1S/C11H25FN2O2/c1-13-7-4-6-10-15-9-5-2-3-8-14-16-11-12/h13-14H,2-11H2,1H3. The van der Waals surface area contributed by atoms with Gasteiger partial charge in [0, 0.05) is 19.8 Å². The molecule has 0 amide bonds. The van der Waals surface area contributed by atoms with Crippen LogP contribution in [-0.2, 0) is 9.57 Å². The summed E-state index contributed by atoms with van der Waals surface area (Å²) in [5.41, 5.74) is 2.54. The van der Waals surface area contributed by atoms with E-state index in [2.05, 4.69) is 15.6 Å². The van der Waals surface area contributed by atoms with Crippen LogP contribution in [-0.4, -0.2) is 40.2 Å². The quantitative estimate of drug-likeness (QED) is 0.377. The lowest BCUT2D eigenvalue weighted by Gasteiger charge is -2.04. The van der Waals surface area contributed by atoms with Gasteiger partial charge >= 0.3 is 0 Å². The molecule has 0 saturated heterocycles. The van der Waals surface area contributed by atoms with Crippen molar-refractivity contribution < 1.29 is 14.0 Å². The molecule has 0 heterocycles. The Morgan fingerprint density at radius 2 is 1.62 bits per heavy atom. The van der Waals surface area contributed by atoms with Crippen LogP contribution < -0.4 is 10.8 Å². The zero-order valence-corrected chi connectivity index (χ0v) is 10.3. The molecule has 2 N–H and O–H groups in total. The van der Waals surface area contributed by atoms with E-state index < -0.39 is 6.86 Å². The van der Waals surface area contributed by atoms with E-state index in [1.54, 1.807) is 0 Å². The molecule has 0 unspecified atom stereocenters. The van der Waals surface area contributed by atoms with Gasteiger partial charge in [-0.05, 0) is 45.7 Å². The Labute approximate surface area is 97.8 Å². The maximum absolute atomic E-state index is 11.5. The van der Waals surface area contributed by atoms with Gasteiger partial charge in [-0.15, -0.1) is 0 Å². The highest BCUT2D eigenvalue weighted by atomic mass is 19.1. The molecular formula is C11H25FN2O2. The van der Waals surface area contributed by atoms with Crippen LogP contribution in [0.25, 0.3) is 0 Å². The topological polar surface area (TPSA) is 42.5 Å². The molecule has 0 radical (unpaired) electrons. The molecule has 0 fully saturated rings. The average molecular weight is 236 g/mol. The average Bonchev–Trinajstić information content (AvgIpc) is 2.31. The third kappa shape index (κ3) is 13.8. The van der Waals surface area contributed by atoms with E-state index in [4.69, 9.17) is 4.74 Å². The minimum absolute atomic E-state index is 0.700. The van der Waals surface area contributed by atoms with Crippen molar-refractivity contribution >= 4 is 0 Å². The van der Waals surface area contributed by atoms with Crippen molar-refractivity contribution in [2.75, 3.05) is 40.2 Å². The van der Waals surface area contributed by atoms with Crippen molar-refractivity contribution in [3.63, 3.8) is 0 Å². The number of hydrogen-bond acceptors (Lipinski definition) is 4. The van der Waals surface area contributed by atoms with Crippen molar-refractivity contribution in [3.05, 3.63) is 0 Å². The normalized spacial score (nSPS) is 10.9. The number of halogens is 1. The van der Waals surface area contributed by atoms with E-state index in [9.17, 15) is 4.39 Å². The lowest BCUT2D eigenvalue weighted by Crippen LogP contribution is -2.15. The molecule has 0 bridgehead atoms. The summed E-state index contributed by atoms with van der Waals surface area (Å²) in [6.07, 6.45) is 5.42. The van der Waals surface area contributed by atoms with Crippen LogP contribution in [0, 0.1) is 0 Å². The van der Waals surface area contributed by atoms with Crippen molar-refractivity contribution in [2.45, 2.75) is 32.1 Å². The van der Waals surface area contributed by atoms with Gasteiger partial charge in [0.15, 0.2) is 0 Å². The Hall–Kier alpha value is -0.230. The largest absolute Gasteiger partial charge is 0.381 e. The molecule has 0 aliphatic rings. The third-order valence-corrected chi connectivity index (χ3v) is 2.19. The van der Waals surface area contributed by atoms with Crippen molar-refractivity contribution in [1.29, 1.82) is 0 Å². The molecule has 0 aliphatic carbocycles. The molecule has 0 aliphatic heterocycles. The number of hydroxylamine groups is 1. The zero-order chi connectivity index (χ0) is 11.9. The second kappa shape index (κ2) is 14.8. The molecule has 5 heteroatoms. The molecule has 0 atom stereocenters. The van der Waals surface area contributed by atoms with Gasteiger partial charge in [0.1, 0.15) is 0 Å². The molecule has 16 heavy (non-hydrogen) atoms. The fourth-order valence-electron chi connectivity index (χ4n) is 1.30. The van der Waals surface area contributed by atoms with Gasteiger partial charge in [-0.1, -0.05) is 0 Å². The number of hydrogen-bond donors (Lipinski definition) is 2. The van der Waals surface area contributed by atoms with Crippen LogP contribution in [0.15, 0.2) is 0 Å². The fourth-order valence-corrected chi connectivity index (χ4v) is 1.30. The SMILES string of the molecule is CNCCCCOCCCCCNOCF. The van der Waals surface area contributed by atoms with Crippen LogP contribution in [0.2, 0.25) is 0 Å². The van der Waals surface area contributed by atoms with E-state index >= 15 is 0 Å². The summed E-state index contributed by atoms with van der Waals surface area (Å²) in [6, 6.07) is 0. The van der Waals surface area contributed by atoms with Gasteiger partial charge in [-0.3, -0.25) is 4.84 Å². The van der Waals surface area contributed by atoms with Crippen LogP contribution in [0.5, 0.6) is 0 Å². The van der Waals surface area contributed by atoms with Gasteiger partial charge in [0.2, 0.25) is 6.86 Å². The lowest BCUT2D eigenvalue weighted by molar-refractivity contribution is -0.0168. The number of ether oxygens (including phenoxy) is 1. The van der Waals surface area contributed by atoms with Gasteiger partial charge in [0.05, 0.1) is 0 Å². The summed E-state index contributed by atoms with van der Waals surface area (Å²) < 4.78 is 17.0. The Morgan fingerprint density at radius 3 is 2.31 bits per heavy atom. The number of unbranched alkanes of at least 4 members (excludes halogenated alkanes) is 3. The maximum Gasteiger partial charge on any atom is 0.207 e. The summed E-state index contributed by atoms with van der Waals surface area (Å²) in [7, 11) is 1.96. The van der Waals surface area contributed by atoms with Gasteiger partial charge in [-0.25, -0.2) is 4.39 Å². The van der Waals surface area contributed by atoms with Gasteiger partial charge < -0.3 is 10.1 Å². The first-order chi connectivity index (χ1) is 7.91. The molecule has 0 rings (SSSR count). The zero-order valence-electron chi connectivity index (χ0n) is 10.3. The number of rotatable bonds is 13. The lowest BCUT2D eigenvalue weighted by atomic mass is 10.2. The van der Waals surface area contributed by atoms with E-state index in [0.717, 1.165) is 45.4 Å².